The van der Waals surface area contributed by atoms with Crippen molar-refractivity contribution < 1.29 is 19.5 Å². The Balaban J connectivity index is 2.71. The second kappa shape index (κ2) is 6.50. The van der Waals surface area contributed by atoms with Gasteiger partial charge in [0.15, 0.2) is 5.82 Å². The highest BCUT2D eigenvalue weighted by atomic mass is 16.4. The number of aromatic nitrogens is 3. The molecule has 1 heterocycles. The van der Waals surface area contributed by atoms with Crippen LogP contribution in [0.25, 0.3) is 0 Å². The van der Waals surface area contributed by atoms with Crippen LogP contribution in [-0.2, 0) is 16.1 Å². The van der Waals surface area contributed by atoms with Crippen molar-refractivity contribution in [2.45, 2.75) is 13.5 Å². The monoisotopic (exact) mass is 284 g/mol. The number of amides is 3. The molecule has 1 aromatic rings. The number of nitrogens with zero attached hydrogens (tertiary/aromatic N) is 4. The number of aliphatic carboxylic acids is 1. The molecule has 0 aromatic carbocycles. The number of nitrogens with two attached hydrogens (primary N) is 1. The van der Waals surface area contributed by atoms with E-state index < -0.39 is 31.0 Å². The van der Waals surface area contributed by atoms with Gasteiger partial charge < -0.3 is 20.6 Å². The van der Waals surface area contributed by atoms with Gasteiger partial charge in [-0.1, -0.05) is 0 Å². The van der Waals surface area contributed by atoms with Crippen LogP contribution in [0.4, 0.5) is 4.79 Å². The van der Waals surface area contributed by atoms with Crippen molar-refractivity contribution in [1.82, 2.24) is 25.0 Å². The van der Waals surface area contributed by atoms with Gasteiger partial charge in [-0.15, -0.1) is 0 Å². The van der Waals surface area contributed by atoms with Gasteiger partial charge in [0.05, 0.1) is 6.54 Å². The summed E-state index contributed by atoms with van der Waals surface area (Å²) < 4.78 is 0. The van der Waals surface area contributed by atoms with E-state index in [0.29, 0.717) is 11.6 Å². The molecule has 110 valence electrons. The largest absolute Gasteiger partial charge is 0.480 e. The van der Waals surface area contributed by atoms with E-state index >= 15 is 0 Å². The highest BCUT2D eigenvalue weighted by Crippen LogP contribution is 2.02. The molecule has 4 N–H and O–H groups in total. The number of hydrogen-bond acceptors (Lipinski definition) is 5. The average molecular weight is 284 g/mol. The summed E-state index contributed by atoms with van der Waals surface area (Å²) in [6.45, 7) is 0.710. The van der Waals surface area contributed by atoms with E-state index in [1.54, 1.807) is 6.92 Å². The number of carboxylic acid groups (broad SMARTS) is 1. The number of rotatable bonds is 6. The summed E-state index contributed by atoms with van der Waals surface area (Å²) in [4.78, 5) is 39.7. The molecule has 0 saturated heterocycles. The molecule has 10 nitrogen and oxygen atoms in total. The van der Waals surface area contributed by atoms with Gasteiger partial charge in [0.2, 0.25) is 5.91 Å². The number of primary amides is 1. The quantitative estimate of drug-likeness (QED) is 0.581. The fraction of sp³-hybridized carbons (Fsp3) is 0.500. The van der Waals surface area contributed by atoms with Crippen LogP contribution in [0.3, 0.4) is 0 Å². The third-order valence-corrected chi connectivity index (χ3v) is 2.29. The van der Waals surface area contributed by atoms with Crippen LogP contribution in [0.2, 0.25) is 0 Å². The maximum absolute atomic E-state index is 12.0. The number of H-pyrrole nitrogens is 1. The SMILES string of the molecule is Cc1nc(CN(C)C(=O)N(CC(N)=O)CC(=O)O)n[nH]1. The lowest BCUT2D eigenvalue weighted by atomic mass is 10.4. The van der Waals surface area contributed by atoms with Gasteiger partial charge in [0.1, 0.15) is 18.9 Å². The second-order valence-corrected chi connectivity index (χ2v) is 4.19. The molecule has 0 bridgehead atoms. The zero-order valence-corrected chi connectivity index (χ0v) is 11.2. The average Bonchev–Trinajstić information content (AvgIpc) is 2.71. The van der Waals surface area contributed by atoms with Gasteiger partial charge in [-0.3, -0.25) is 14.7 Å². The first-order valence-electron chi connectivity index (χ1n) is 5.67. The molecule has 0 saturated carbocycles. The summed E-state index contributed by atoms with van der Waals surface area (Å²) in [7, 11) is 1.45. The van der Waals surface area contributed by atoms with E-state index in [2.05, 4.69) is 15.2 Å². The Morgan fingerprint density at radius 3 is 2.45 bits per heavy atom. The van der Waals surface area contributed by atoms with Crippen molar-refractivity contribution in [2.75, 3.05) is 20.1 Å². The fourth-order valence-electron chi connectivity index (χ4n) is 1.52. The minimum atomic E-state index is -1.23. The molecule has 20 heavy (non-hydrogen) atoms. The predicted molar refractivity (Wildman–Crippen MR) is 66.4 cm³/mol. The minimum absolute atomic E-state index is 0.0814. The Hall–Kier alpha value is -2.65. The van der Waals surface area contributed by atoms with Crippen molar-refractivity contribution in [3.63, 3.8) is 0 Å². The Morgan fingerprint density at radius 2 is 2.00 bits per heavy atom. The van der Waals surface area contributed by atoms with Crippen molar-refractivity contribution in [2.24, 2.45) is 5.73 Å². The molecule has 0 atom stereocenters. The molecule has 0 aliphatic carbocycles. The lowest BCUT2D eigenvalue weighted by molar-refractivity contribution is -0.138. The molecule has 0 spiro atoms. The third-order valence-electron chi connectivity index (χ3n) is 2.29. The van der Waals surface area contributed by atoms with E-state index in [1.165, 1.54) is 11.9 Å². The first kappa shape index (κ1) is 15.4. The maximum Gasteiger partial charge on any atom is 0.323 e. The zero-order valence-electron chi connectivity index (χ0n) is 11.2. The Labute approximate surface area is 114 Å². The molecule has 0 unspecified atom stereocenters. The molecular formula is C10H16N6O4. The van der Waals surface area contributed by atoms with Crippen LogP contribution in [0.15, 0.2) is 0 Å². The summed E-state index contributed by atoms with van der Waals surface area (Å²) in [5.41, 5.74) is 4.99. The smallest absolute Gasteiger partial charge is 0.323 e. The van der Waals surface area contributed by atoms with Crippen LogP contribution in [0.1, 0.15) is 11.6 Å². The van der Waals surface area contributed by atoms with Gasteiger partial charge in [-0.05, 0) is 6.92 Å². The number of hydrogen-bond donors (Lipinski definition) is 3. The minimum Gasteiger partial charge on any atom is -0.480 e. The van der Waals surface area contributed by atoms with Gasteiger partial charge in [-0.25, -0.2) is 9.78 Å². The Morgan fingerprint density at radius 1 is 1.35 bits per heavy atom. The van der Waals surface area contributed by atoms with E-state index in [4.69, 9.17) is 10.8 Å². The number of aryl methyl sites for hydroxylation is 1. The second-order valence-electron chi connectivity index (χ2n) is 4.19. The summed E-state index contributed by atoms with van der Waals surface area (Å²) in [6.07, 6.45) is 0. The van der Waals surface area contributed by atoms with Gasteiger partial charge in [0, 0.05) is 7.05 Å². The number of urea groups is 1. The molecule has 0 radical (unpaired) electrons. The van der Waals surface area contributed by atoms with Crippen molar-refractivity contribution in [3.8, 4) is 0 Å². The van der Waals surface area contributed by atoms with Crippen LogP contribution in [0.5, 0.6) is 0 Å². The summed E-state index contributed by atoms with van der Waals surface area (Å²) in [5.74, 6) is -1.04. The van der Waals surface area contributed by atoms with E-state index in [0.717, 1.165) is 4.90 Å². The first-order chi connectivity index (χ1) is 9.29. The molecule has 0 aliphatic heterocycles. The van der Waals surface area contributed by atoms with Crippen molar-refractivity contribution in [3.05, 3.63) is 11.6 Å². The zero-order chi connectivity index (χ0) is 15.3. The Bertz CT molecular complexity index is 498. The van der Waals surface area contributed by atoms with Gasteiger partial charge in [-0.2, -0.15) is 5.10 Å². The van der Waals surface area contributed by atoms with Crippen LogP contribution >= 0.6 is 0 Å². The van der Waals surface area contributed by atoms with Crippen LogP contribution in [-0.4, -0.2) is 68.1 Å². The van der Waals surface area contributed by atoms with Crippen molar-refractivity contribution in [1.29, 1.82) is 0 Å². The summed E-state index contributed by atoms with van der Waals surface area (Å²) in [6, 6.07) is -0.645. The van der Waals surface area contributed by atoms with E-state index in [-0.39, 0.29) is 6.54 Å². The number of carboxylic acids is 1. The van der Waals surface area contributed by atoms with Gasteiger partial charge >= 0.3 is 12.0 Å². The number of carbonyl (C=O) groups excluding carboxylic acids is 2. The Kier molecular flexibility index (Phi) is 5.01. The molecule has 3 amide bonds. The topological polar surface area (TPSA) is 146 Å². The normalized spacial score (nSPS) is 10.1. The summed E-state index contributed by atoms with van der Waals surface area (Å²) in [5, 5.41) is 15.2. The number of carbonyl (C=O) groups is 3. The molecular weight excluding hydrogens is 268 g/mol. The summed E-state index contributed by atoms with van der Waals surface area (Å²) >= 11 is 0. The van der Waals surface area contributed by atoms with E-state index in [1.807, 2.05) is 0 Å². The maximum atomic E-state index is 12.0. The standard InChI is InChI=1S/C10H16N6O4/c1-6-12-8(14-13-6)4-15(2)10(20)16(3-7(11)17)5-9(18)19/h3-5H2,1-2H3,(H2,11,17)(H,18,19)(H,12,13,14). The van der Waals surface area contributed by atoms with Gasteiger partial charge in [0.25, 0.3) is 0 Å². The van der Waals surface area contributed by atoms with Crippen LogP contribution in [0, 0.1) is 6.92 Å². The highest BCUT2D eigenvalue weighted by Gasteiger charge is 2.22. The highest BCUT2D eigenvalue weighted by molar-refractivity contribution is 5.85. The van der Waals surface area contributed by atoms with Crippen LogP contribution < -0.4 is 5.73 Å². The predicted octanol–water partition coefficient (Wildman–Crippen LogP) is -1.46. The molecule has 1 aromatic heterocycles. The molecule has 0 fully saturated rings. The van der Waals surface area contributed by atoms with Crippen molar-refractivity contribution >= 4 is 17.9 Å². The fourth-order valence-corrected chi connectivity index (χ4v) is 1.52. The lowest BCUT2D eigenvalue weighted by Crippen LogP contribution is -2.47. The number of aromatic amines is 1. The molecule has 10 heteroatoms. The van der Waals surface area contributed by atoms with E-state index in [9.17, 15) is 14.4 Å². The molecule has 1 rings (SSSR count). The first-order valence-corrected chi connectivity index (χ1v) is 5.67. The third kappa shape index (κ3) is 4.55. The molecule has 0 aliphatic rings. The lowest BCUT2D eigenvalue weighted by Gasteiger charge is -2.25. The number of nitrogens with one attached hydrogen (secondary N) is 1.